The van der Waals surface area contributed by atoms with Gasteiger partial charge in [-0.3, -0.25) is 4.79 Å². The Labute approximate surface area is 126 Å². The molecule has 1 atom stereocenters. The molecule has 6 heteroatoms. The van der Waals surface area contributed by atoms with Crippen molar-refractivity contribution in [1.82, 2.24) is 15.3 Å². The number of nitrogens with two attached hydrogens (primary N) is 1. The average Bonchev–Trinajstić information content (AvgIpc) is 2.41. The van der Waals surface area contributed by atoms with Crippen LogP contribution in [0.25, 0.3) is 0 Å². The molecule has 3 N–H and O–H groups in total. The van der Waals surface area contributed by atoms with Gasteiger partial charge >= 0.3 is 0 Å². The molecule has 116 valence electrons. The molecule has 1 unspecified atom stereocenters. The maximum Gasteiger partial charge on any atom is 0.219 e. The number of carbonyl (C=O) groups excluding carboxylic acids is 1. The number of piperazine rings is 1. The number of nitrogens with zero attached hydrogens (tertiary/aromatic N) is 3. The van der Waals surface area contributed by atoms with E-state index in [1.807, 2.05) is 13.8 Å². The average molecular weight is 291 g/mol. The van der Waals surface area contributed by atoms with Gasteiger partial charge in [0, 0.05) is 43.2 Å². The Morgan fingerprint density at radius 2 is 2.14 bits per heavy atom. The second-order valence-electron chi connectivity index (χ2n) is 5.99. The van der Waals surface area contributed by atoms with Crippen LogP contribution in [-0.2, 0) is 4.79 Å². The summed E-state index contributed by atoms with van der Waals surface area (Å²) in [4.78, 5) is 22.8. The zero-order valence-electron chi connectivity index (χ0n) is 13.3. The summed E-state index contributed by atoms with van der Waals surface area (Å²) < 4.78 is 0. The highest BCUT2D eigenvalue weighted by Gasteiger charge is 2.27. The third kappa shape index (κ3) is 3.50. The Hall–Kier alpha value is -1.69. The van der Waals surface area contributed by atoms with Crippen molar-refractivity contribution in [2.75, 3.05) is 24.5 Å². The molecule has 1 amide bonds. The van der Waals surface area contributed by atoms with E-state index >= 15 is 0 Å². The van der Waals surface area contributed by atoms with E-state index in [0.717, 1.165) is 42.5 Å². The number of primary amides is 1. The van der Waals surface area contributed by atoms with Crippen molar-refractivity contribution in [2.24, 2.45) is 5.73 Å². The quantitative estimate of drug-likeness (QED) is 0.860. The summed E-state index contributed by atoms with van der Waals surface area (Å²) in [6.45, 7) is 10.7. The molecule has 0 spiro atoms. The lowest BCUT2D eigenvalue weighted by atomic mass is 10.1. The number of anilines is 1. The number of carbonyl (C=O) groups is 1. The van der Waals surface area contributed by atoms with Gasteiger partial charge in [-0.25, -0.2) is 9.97 Å². The standard InChI is InChI=1S/C15H25N5O/c1-9(2)14-18-11(4)10(3)15(19-14)20-6-5-17-8-12(20)7-13(16)21/h9,12,17H,5-8H2,1-4H3,(H2,16,21). The fraction of sp³-hybridized carbons (Fsp3) is 0.667. The van der Waals surface area contributed by atoms with Crippen LogP contribution in [0.3, 0.4) is 0 Å². The van der Waals surface area contributed by atoms with Crippen LogP contribution in [0.2, 0.25) is 0 Å². The van der Waals surface area contributed by atoms with Gasteiger partial charge in [-0.2, -0.15) is 0 Å². The van der Waals surface area contributed by atoms with Crippen LogP contribution in [0, 0.1) is 13.8 Å². The molecule has 1 aromatic rings. The molecule has 0 saturated carbocycles. The lowest BCUT2D eigenvalue weighted by Crippen LogP contribution is -2.53. The van der Waals surface area contributed by atoms with E-state index in [-0.39, 0.29) is 17.9 Å². The molecule has 2 heterocycles. The van der Waals surface area contributed by atoms with Crippen molar-refractivity contribution in [3.8, 4) is 0 Å². The van der Waals surface area contributed by atoms with Crippen molar-refractivity contribution in [1.29, 1.82) is 0 Å². The maximum atomic E-state index is 11.3. The molecule has 1 fully saturated rings. The van der Waals surface area contributed by atoms with E-state index in [1.165, 1.54) is 0 Å². The number of hydrogen-bond acceptors (Lipinski definition) is 5. The molecular weight excluding hydrogens is 266 g/mol. The summed E-state index contributed by atoms with van der Waals surface area (Å²) in [6, 6.07) is 0.0595. The smallest absolute Gasteiger partial charge is 0.219 e. The molecular formula is C15H25N5O. The Morgan fingerprint density at radius 1 is 1.43 bits per heavy atom. The van der Waals surface area contributed by atoms with E-state index in [4.69, 9.17) is 10.7 Å². The Bertz CT molecular complexity index is 529. The van der Waals surface area contributed by atoms with Gasteiger partial charge < -0.3 is 16.0 Å². The normalized spacial score (nSPS) is 19.1. The lowest BCUT2D eigenvalue weighted by Gasteiger charge is -2.37. The summed E-state index contributed by atoms with van der Waals surface area (Å²) >= 11 is 0. The van der Waals surface area contributed by atoms with E-state index in [9.17, 15) is 4.79 Å². The van der Waals surface area contributed by atoms with Gasteiger partial charge in [-0.05, 0) is 13.8 Å². The summed E-state index contributed by atoms with van der Waals surface area (Å²) in [5.74, 6) is 1.80. The highest BCUT2D eigenvalue weighted by atomic mass is 16.1. The lowest BCUT2D eigenvalue weighted by molar-refractivity contribution is -0.118. The van der Waals surface area contributed by atoms with Gasteiger partial charge in [0.25, 0.3) is 0 Å². The second kappa shape index (κ2) is 6.39. The first-order valence-corrected chi connectivity index (χ1v) is 7.51. The van der Waals surface area contributed by atoms with Crippen LogP contribution in [0.5, 0.6) is 0 Å². The van der Waals surface area contributed by atoms with Crippen molar-refractivity contribution in [3.63, 3.8) is 0 Å². The number of nitrogens with one attached hydrogen (secondary N) is 1. The first-order chi connectivity index (χ1) is 9.90. The Kier molecular flexibility index (Phi) is 4.77. The highest BCUT2D eigenvalue weighted by Crippen LogP contribution is 2.25. The molecule has 0 aliphatic carbocycles. The molecule has 0 radical (unpaired) electrons. The topological polar surface area (TPSA) is 84.1 Å². The summed E-state index contributed by atoms with van der Waals surface area (Å²) in [5.41, 5.74) is 7.46. The fourth-order valence-corrected chi connectivity index (χ4v) is 2.63. The zero-order valence-corrected chi connectivity index (χ0v) is 13.3. The van der Waals surface area contributed by atoms with Gasteiger partial charge in [0.1, 0.15) is 11.6 Å². The molecule has 0 bridgehead atoms. The summed E-state index contributed by atoms with van der Waals surface area (Å²) in [7, 11) is 0. The molecule has 21 heavy (non-hydrogen) atoms. The highest BCUT2D eigenvalue weighted by molar-refractivity contribution is 5.75. The first kappa shape index (κ1) is 15.7. The predicted molar refractivity (Wildman–Crippen MR) is 83.4 cm³/mol. The molecule has 1 saturated heterocycles. The molecule has 2 rings (SSSR count). The van der Waals surface area contributed by atoms with Crippen molar-refractivity contribution in [2.45, 2.75) is 46.1 Å². The fourth-order valence-electron chi connectivity index (χ4n) is 2.63. The van der Waals surface area contributed by atoms with Crippen LogP contribution in [0.15, 0.2) is 0 Å². The van der Waals surface area contributed by atoms with Crippen molar-refractivity contribution < 1.29 is 4.79 Å². The SMILES string of the molecule is Cc1nc(C(C)C)nc(N2CCNCC2CC(N)=O)c1C. The number of amides is 1. The monoisotopic (exact) mass is 291 g/mol. The van der Waals surface area contributed by atoms with Gasteiger partial charge in [0.05, 0.1) is 6.04 Å². The predicted octanol–water partition coefficient (Wildman–Crippen LogP) is 0.870. The molecule has 0 aromatic carbocycles. The molecule has 1 aromatic heterocycles. The Morgan fingerprint density at radius 3 is 2.76 bits per heavy atom. The number of aryl methyl sites for hydroxylation is 1. The largest absolute Gasteiger partial charge is 0.370 e. The maximum absolute atomic E-state index is 11.3. The van der Waals surface area contributed by atoms with Gasteiger partial charge in [0.2, 0.25) is 5.91 Å². The minimum absolute atomic E-state index is 0.0595. The summed E-state index contributed by atoms with van der Waals surface area (Å²) in [6.07, 6.45) is 0.340. The van der Waals surface area contributed by atoms with Crippen LogP contribution >= 0.6 is 0 Å². The van der Waals surface area contributed by atoms with E-state index in [2.05, 4.69) is 29.0 Å². The molecule has 1 aliphatic heterocycles. The van der Waals surface area contributed by atoms with Crippen LogP contribution in [-0.4, -0.2) is 41.6 Å². The minimum Gasteiger partial charge on any atom is -0.370 e. The van der Waals surface area contributed by atoms with E-state index in [1.54, 1.807) is 0 Å². The molecule has 6 nitrogen and oxygen atoms in total. The van der Waals surface area contributed by atoms with Crippen molar-refractivity contribution >= 4 is 11.7 Å². The van der Waals surface area contributed by atoms with E-state index < -0.39 is 0 Å². The number of aromatic nitrogens is 2. The van der Waals surface area contributed by atoms with Crippen LogP contribution < -0.4 is 16.0 Å². The first-order valence-electron chi connectivity index (χ1n) is 7.51. The second-order valence-corrected chi connectivity index (χ2v) is 5.99. The number of rotatable bonds is 4. The summed E-state index contributed by atoms with van der Waals surface area (Å²) in [5, 5.41) is 3.32. The van der Waals surface area contributed by atoms with E-state index in [0.29, 0.717) is 6.42 Å². The van der Waals surface area contributed by atoms with Crippen LogP contribution in [0.1, 0.15) is 43.3 Å². The number of hydrogen-bond donors (Lipinski definition) is 2. The third-order valence-corrected chi connectivity index (χ3v) is 3.96. The van der Waals surface area contributed by atoms with Crippen LogP contribution in [0.4, 0.5) is 5.82 Å². The zero-order chi connectivity index (χ0) is 15.6. The van der Waals surface area contributed by atoms with Gasteiger partial charge in [-0.1, -0.05) is 13.8 Å². The van der Waals surface area contributed by atoms with Gasteiger partial charge in [0.15, 0.2) is 0 Å². The molecule has 1 aliphatic rings. The van der Waals surface area contributed by atoms with Crippen molar-refractivity contribution in [3.05, 3.63) is 17.1 Å². The Balaban J connectivity index is 2.39. The van der Waals surface area contributed by atoms with Gasteiger partial charge in [-0.15, -0.1) is 0 Å². The minimum atomic E-state index is -0.277. The third-order valence-electron chi connectivity index (χ3n) is 3.96.